The van der Waals surface area contributed by atoms with Gasteiger partial charge >= 0.3 is 6.01 Å². The quantitative estimate of drug-likeness (QED) is 0.843. The Morgan fingerprint density at radius 3 is 2.95 bits per heavy atom. The molecule has 20 heavy (non-hydrogen) atoms. The molecule has 0 spiro atoms. The molecule has 0 amide bonds. The van der Waals surface area contributed by atoms with Crippen LogP contribution in [0.1, 0.15) is 5.56 Å². The summed E-state index contributed by atoms with van der Waals surface area (Å²) in [5.41, 5.74) is 1.08. The molecule has 0 unspecified atom stereocenters. The minimum atomic E-state index is 0.116. The molecule has 7 heteroatoms. The Morgan fingerprint density at radius 1 is 1.25 bits per heavy atom. The average molecular weight is 293 g/mol. The Balaban J connectivity index is 1.93. The lowest BCUT2D eigenvalue weighted by molar-refractivity contribution is 0.330. The number of anilines is 1. The zero-order chi connectivity index (χ0) is 13.9. The summed E-state index contributed by atoms with van der Waals surface area (Å²) in [4.78, 5) is 14.3. The zero-order valence-corrected chi connectivity index (χ0v) is 11.7. The first-order valence-corrected chi connectivity index (χ1v) is 6.55. The van der Waals surface area contributed by atoms with E-state index in [9.17, 15) is 0 Å². The van der Waals surface area contributed by atoms with Crippen LogP contribution < -0.4 is 14.4 Å². The molecule has 0 saturated carbocycles. The number of benzene rings is 1. The van der Waals surface area contributed by atoms with Crippen molar-refractivity contribution in [3.05, 3.63) is 35.1 Å². The molecule has 0 N–H and O–H groups in total. The third kappa shape index (κ3) is 2.60. The summed E-state index contributed by atoms with van der Waals surface area (Å²) in [5, 5.41) is 0.116. The number of nitrogens with zero attached hydrogens (tertiary/aromatic N) is 4. The highest BCUT2D eigenvalue weighted by atomic mass is 35.5. The molecule has 0 bridgehead atoms. The first kappa shape index (κ1) is 12.9. The number of fused-ring (bicyclic) bond motifs is 1. The lowest BCUT2D eigenvalue weighted by Crippen LogP contribution is -2.27. The maximum absolute atomic E-state index is 5.89. The van der Waals surface area contributed by atoms with Gasteiger partial charge < -0.3 is 14.4 Å². The van der Waals surface area contributed by atoms with Crippen LogP contribution in [0.25, 0.3) is 0 Å². The number of rotatable bonds is 2. The lowest BCUT2D eigenvalue weighted by atomic mass is 10.2. The summed E-state index contributed by atoms with van der Waals surface area (Å²) < 4.78 is 10.7. The molecule has 0 atom stereocenters. The SMILES string of the molecule is COc1nc(Cl)nc(N2CCOc3ccccc3C2)n1. The van der Waals surface area contributed by atoms with Crippen LogP contribution in [0.15, 0.2) is 24.3 Å². The molecule has 1 aliphatic heterocycles. The zero-order valence-electron chi connectivity index (χ0n) is 10.9. The van der Waals surface area contributed by atoms with E-state index in [-0.39, 0.29) is 11.3 Å². The van der Waals surface area contributed by atoms with Gasteiger partial charge in [0.05, 0.1) is 13.7 Å². The fourth-order valence-electron chi connectivity index (χ4n) is 2.05. The van der Waals surface area contributed by atoms with Gasteiger partial charge in [-0.1, -0.05) is 18.2 Å². The molecule has 2 heterocycles. The topological polar surface area (TPSA) is 60.4 Å². The van der Waals surface area contributed by atoms with Gasteiger partial charge in [0.1, 0.15) is 12.4 Å². The second-order valence-corrected chi connectivity index (χ2v) is 4.61. The summed E-state index contributed by atoms with van der Waals surface area (Å²) in [6.45, 7) is 1.88. The van der Waals surface area contributed by atoms with Crippen LogP contribution in [-0.4, -0.2) is 35.2 Å². The lowest BCUT2D eigenvalue weighted by Gasteiger charge is -2.19. The average Bonchev–Trinajstić information content (AvgIpc) is 2.68. The maximum Gasteiger partial charge on any atom is 0.322 e. The molecule has 0 fully saturated rings. The van der Waals surface area contributed by atoms with Crippen molar-refractivity contribution in [1.29, 1.82) is 0 Å². The summed E-state index contributed by atoms with van der Waals surface area (Å²) in [6, 6.07) is 8.12. The van der Waals surface area contributed by atoms with Gasteiger partial charge in [-0.05, 0) is 17.7 Å². The minimum absolute atomic E-state index is 0.116. The van der Waals surface area contributed by atoms with Gasteiger partial charge in [-0.2, -0.15) is 15.0 Å². The van der Waals surface area contributed by atoms with Crippen LogP contribution in [0.3, 0.4) is 0 Å². The molecule has 6 nitrogen and oxygen atoms in total. The fraction of sp³-hybridized carbons (Fsp3) is 0.308. The van der Waals surface area contributed by atoms with Gasteiger partial charge in [0, 0.05) is 12.1 Å². The van der Waals surface area contributed by atoms with Gasteiger partial charge in [-0.15, -0.1) is 0 Å². The molecule has 1 aliphatic rings. The van der Waals surface area contributed by atoms with Crippen LogP contribution in [-0.2, 0) is 6.54 Å². The first-order valence-electron chi connectivity index (χ1n) is 6.17. The van der Waals surface area contributed by atoms with E-state index in [1.807, 2.05) is 29.2 Å². The van der Waals surface area contributed by atoms with Crippen LogP contribution in [0, 0.1) is 0 Å². The second-order valence-electron chi connectivity index (χ2n) is 4.27. The van der Waals surface area contributed by atoms with E-state index in [2.05, 4.69) is 15.0 Å². The predicted molar refractivity (Wildman–Crippen MR) is 74.4 cm³/mol. The highest BCUT2D eigenvalue weighted by Crippen LogP contribution is 2.25. The summed E-state index contributed by atoms with van der Waals surface area (Å²) in [6.07, 6.45) is 0. The second kappa shape index (κ2) is 5.50. The summed E-state index contributed by atoms with van der Waals surface area (Å²) >= 11 is 5.89. The van der Waals surface area contributed by atoms with E-state index in [4.69, 9.17) is 21.1 Å². The number of para-hydroxylation sites is 1. The Kier molecular flexibility index (Phi) is 3.56. The third-order valence-corrected chi connectivity index (χ3v) is 3.16. The summed E-state index contributed by atoms with van der Waals surface area (Å²) in [5.74, 6) is 1.38. The minimum Gasteiger partial charge on any atom is -0.491 e. The van der Waals surface area contributed by atoms with Crippen molar-refractivity contribution in [2.75, 3.05) is 25.2 Å². The van der Waals surface area contributed by atoms with E-state index in [1.165, 1.54) is 7.11 Å². The van der Waals surface area contributed by atoms with Crippen LogP contribution in [0.4, 0.5) is 5.95 Å². The Labute approximate surface area is 121 Å². The molecule has 0 aliphatic carbocycles. The van der Waals surface area contributed by atoms with Crippen molar-refractivity contribution in [2.24, 2.45) is 0 Å². The highest BCUT2D eigenvalue weighted by Gasteiger charge is 2.18. The van der Waals surface area contributed by atoms with Crippen molar-refractivity contribution in [2.45, 2.75) is 6.54 Å². The normalized spacial score (nSPS) is 14.2. The van der Waals surface area contributed by atoms with Crippen molar-refractivity contribution < 1.29 is 9.47 Å². The van der Waals surface area contributed by atoms with Crippen LogP contribution in [0.2, 0.25) is 5.28 Å². The van der Waals surface area contributed by atoms with E-state index in [1.54, 1.807) is 0 Å². The molecular formula is C13H13ClN4O2. The van der Waals surface area contributed by atoms with Crippen molar-refractivity contribution in [3.63, 3.8) is 0 Å². The monoisotopic (exact) mass is 292 g/mol. The predicted octanol–water partition coefficient (Wildman–Crippen LogP) is 1.93. The van der Waals surface area contributed by atoms with E-state index < -0.39 is 0 Å². The molecular weight excluding hydrogens is 280 g/mol. The number of halogens is 1. The third-order valence-electron chi connectivity index (χ3n) is 2.99. The van der Waals surface area contributed by atoms with E-state index >= 15 is 0 Å². The Bertz CT molecular complexity index is 623. The number of ether oxygens (including phenoxy) is 2. The molecule has 2 aromatic rings. The molecule has 1 aromatic carbocycles. The van der Waals surface area contributed by atoms with Gasteiger partial charge in [-0.25, -0.2) is 0 Å². The number of methoxy groups -OCH3 is 1. The van der Waals surface area contributed by atoms with Crippen molar-refractivity contribution in [1.82, 2.24) is 15.0 Å². The smallest absolute Gasteiger partial charge is 0.322 e. The van der Waals surface area contributed by atoms with E-state index in [0.717, 1.165) is 11.3 Å². The van der Waals surface area contributed by atoms with E-state index in [0.29, 0.717) is 25.6 Å². The maximum atomic E-state index is 5.89. The summed E-state index contributed by atoms with van der Waals surface area (Å²) in [7, 11) is 1.50. The van der Waals surface area contributed by atoms with Gasteiger partial charge in [0.2, 0.25) is 11.2 Å². The fourth-order valence-corrected chi connectivity index (χ4v) is 2.20. The van der Waals surface area contributed by atoms with Gasteiger partial charge in [0.15, 0.2) is 0 Å². The van der Waals surface area contributed by atoms with Crippen LogP contribution >= 0.6 is 11.6 Å². The van der Waals surface area contributed by atoms with Gasteiger partial charge in [-0.3, -0.25) is 0 Å². The molecule has 0 radical (unpaired) electrons. The molecule has 1 aromatic heterocycles. The first-order chi connectivity index (χ1) is 9.76. The highest BCUT2D eigenvalue weighted by molar-refractivity contribution is 6.28. The Hall–Kier alpha value is -2.08. The number of hydrogen-bond acceptors (Lipinski definition) is 6. The molecule has 104 valence electrons. The standard InChI is InChI=1S/C13H13ClN4O2/c1-19-13-16-11(14)15-12(17-13)18-6-7-20-10-5-3-2-4-9(10)8-18/h2-5H,6-8H2,1H3. The van der Waals surface area contributed by atoms with Crippen molar-refractivity contribution in [3.8, 4) is 11.8 Å². The van der Waals surface area contributed by atoms with Gasteiger partial charge in [0.25, 0.3) is 0 Å². The number of aromatic nitrogens is 3. The Morgan fingerprint density at radius 2 is 2.10 bits per heavy atom. The number of hydrogen-bond donors (Lipinski definition) is 0. The van der Waals surface area contributed by atoms with Crippen molar-refractivity contribution >= 4 is 17.5 Å². The molecule has 3 rings (SSSR count). The van der Waals surface area contributed by atoms with Crippen LogP contribution in [0.5, 0.6) is 11.8 Å². The molecule has 0 saturated heterocycles. The largest absolute Gasteiger partial charge is 0.491 e.